The third-order valence-electron chi connectivity index (χ3n) is 8.13. The quantitative estimate of drug-likeness (QED) is 0.282. The molecule has 2 N–H and O–H groups in total. The number of benzene rings is 3. The highest BCUT2D eigenvalue weighted by molar-refractivity contribution is 6.09. The lowest BCUT2D eigenvalue weighted by molar-refractivity contribution is -0.137. The number of carbonyl (C=O) groups excluding carboxylic acids is 2. The van der Waals surface area contributed by atoms with Crippen molar-refractivity contribution in [2.45, 2.75) is 25.1 Å². The Hall–Kier alpha value is -5.06. The molecule has 1 fully saturated rings. The predicted octanol–water partition coefficient (Wildman–Crippen LogP) is 6.00. The van der Waals surface area contributed by atoms with Gasteiger partial charge >= 0.3 is 6.18 Å². The molecule has 2 aliphatic rings. The van der Waals surface area contributed by atoms with Crippen LogP contribution in [0.25, 0.3) is 0 Å². The SMILES string of the molecule is COc1ccc(C(=O)Nc2cc(C(=O)Nc3cccc(C(F)(F)F)c3)ccc2N2C[C@H]3C[C@@H](C2)c2cccc(=O)n2C3)cc1. The molecule has 3 heterocycles. The molecule has 0 aliphatic carbocycles. The second kappa shape index (κ2) is 11.6. The number of fused-ring (bicyclic) bond motifs is 4. The highest BCUT2D eigenvalue weighted by atomic mass is 19.4. The van der Waals surface area contributed by atoms with E-state index in [2.05, 4.69) is 15.5 Å². The van der Waals surface area contributed by atoms with E-state index in [0.29, 0.717) is 42.3 Å². The van der Waals surface area contributed by atoms with E-state index in [4.69, 9.17) is 4.74 Å². The molecular weight excluding hydrogens is 573 g/mol. The van der Waals surface area contributed by atoms with E-state index < -0.39 is 23.6 Å². The number of alkyl halides is 3. The van der Waals surface area contributed by atoms with Gasteiger partial charge in [0.25, 0.3) is 17.4 Å². The summed E-state index contributed by atoms with van der Waals surface area (Å²) < 4.78 is 46.7. The number of ether oxygens (including phenoxy) is 1. The van der Waals surface area contributed by atoms with E-state index in [1.807, 2.05) is 10.6 Å². The number of rotatable bonds is 6. The van der Waals surface area contributed by atoms with Crippen molar-refractivity contribution in [3.63, 3.8) is 0 Å². The van der Waals surface area contributed by atoms with Gasteiger partial charge in [-0.15, -0.1) is 0 Å². The highest BCUT2D eigenvalue weighted by Crippen LogP contribution is 2.39. The fraction of sp³-hybridized carbons (Fsp3) is 0.242. The molecule has 0 saturated carbocycles. The number of piperidine rings is 1. The van der Waals surface area contributed by atoms with Crippen LogP contribution in [0.2, 0.25) is 0 Å². The van der Waals surface area contributed by atoms with E-state index in [9.17, 15) is 27.6 Å². The third kappa shape index (κ3) is 5.90. The standard InChI is InChI=1S/C33H29F3N4O4/c1-44-26-11-8-21(9-12-26)31(42)38-27-15-22(32(43)37-25-5-2-4-24(16-25)33(34,35)36)10-13-29(27)39-17-20-14-23(19-39)28-6-3-7-30(41)40(28)18-20/h2-13,15-16,20,23H,14,17-19H2,1H3,(H,37,43)(H,38,42)/t20-,23+/m1/s1. The number of aromatic nitrogens is 1. The van der Waals surface area contributed by atoms with Crippen LogP contribution in [0.5, 0.6) is 5.75 Å². The van der Waals surface area contributed by atoms with E-state index in [1.54, 1.807) is 48.5 Å². The van der Waals surface area contributed by atoms with E-state index in [0.717, 1.165) is 24.2 Å². The number of nitrogens with one attached hydrogen (secondary N) is 2. The van der Waals surface area contributed by atoms with Crippen molar-refractivity contribution >= 4 is 28.9 Å². The van der Waals surface area contributed by atoms with Gasteiger partial charge in [-0.05, 0) is 79.1 Å². The first kappa shape index (κ1) is 29.0. The van der Waals surface area contributed by atoms with Crippen molar-refractivity contribution in [2.75, 3.05) is 35.7 Å². The summed E-state index contributed by atoms with van der Waals surface area (Å²) in [7, 11) is 1.53. The van der Waals surface area contributed by atoms with Crippen LogP contribution in [0.15, 0.2) is 89.7 Å². The second-order valence-corrected chi connectivity index (χ2v) is 11.1. The molecule has 8 nitrogen and oxygen atoms in total. The number of amides is 2. The van der Waals surface area contributed by atoms with Gasteiger partial charge in [-0.3, -0.25) is 14.4 Å². The maximum atomic E-state index is 13.3. The molecule has 0 radical (unpaired) electrons. The summed E-state index contributed by atoms with van der Waals surface area (Å²) in [4.78, 5) is 41.2. The largest absolute Gasteiger partial charge is 0.497 e. The number of hydrogen-bond acceptors (Lipinski definition) is 5. The Morgan fingerprint density at radius 1 is 0.841 bits per heavy atom. The van der Waals surface area contributed by atoms with Crippen molar-refractivity contribution in [1.82, 2.24) is 4.57 Å². The maximum Gasteiger partial charge on any atom is 0.416 e. The van der Waals surface area contributed by atoms with Gasteiger partial charge < -0.3 is 24.8 Å². The maximum absolute atomic E-state index is 13.3. The first-order valence-electron chi connectivity index (χ1n) is 14.1. The first-order chi connectivity index (χ1) is 21.1. The lowest BCUT2D eigenvalue weighted by Gasteiger charge is -2.44. The molecule has 3 aromatic carbocycles. The monoisotopic (exact) mass is 602 g/mol. The fourth-order valence-electron chi connectivity index (χ4n) is 6.06. The van der Waals surface area contributed by atoms with Crippen molar-refractivity contribution in [1.29, 1.82) is 0 Å². The minimum Gasteiger partial charge on any atom is -0.497 e. The van der Waals surface area contributed by atoms with Gasteiger partial charge in [-0.2, -0.15) is 13.2 Å². The Labute approximate surface area is 251 Å². The Morgan fingerprint density at radius 2 is 1.57 bits per heavy atom. The molecule has 2 bridgehead atoms. The Morgan fingerprint density at radius 3 is 2.32 bits per heavy atom. The molecule has 2 atom stereocenters. The van der Waals surface area contributed by atoms with Crippen LogP contribution < -0.4 is 25.8 Å². The van der Waals surface area contributed by atoms with Gasteiger partial charge in [0.05, 0.1) is 24.0 Å². The van der Waals surface area contributed by atoms with Crippen LogP contribution in [0, 0.1) is 5.92 Å². The molecule has 0 unspecified atom stereocenters. The smallest absolute Gasteiger partial charge is 0.416 e. The minimum atomic E-state index is -4.55. The average molecular weight is 603 g/mol. The van der Waals surface area contributed by atoms with Gasteiger partial charge in [-0.1, -0.05) is 12.1 Å². The molecule has 44 heavy (non-hydrogen) atoms. The van der Waals surface area contributed by atoms with E-state index >= 15 is 0 Å². The fourth-order valence-corrected chi connectivity index (χ4v) is 6.06. The van der Waals surface area contributed by atoms with Gasteiger partial charge in [0, 0.05) is 54.1 Å². The van der Waals surface area contributed by atoms with Gasteiger partial charge in [0.1, 0.15) is 5.75 Å². The topological polar surface area (TPSA) is 92.7 Å². The number of nitrogens with zero attached hydrogens (tertiary/aromatic N) is 2. The lowest BCUT2D eigenvalue weighted by Crippen LogP contribution is -2.47. The zero-order valence-electron chi connectivity index (χ0n) is 23.7. The zero-order valence-corrected chi connectivity index (χ0v) is 23.7. The number of hydrogen-bond donors (Lipinski definition) is 2. The summed E-state index contributed by atoms with van der Waals surface area (Å²) in [5, 5.41) is 5.47. The van der Waals surface area contributed by atoms with Crippen LogP contribution in [-0.4, -0.2) is 36.6 Å². The molecule has 2 aliphatic heterocycles. The predicted molar refractivity (Wildman–Crippen MR) is 161 cm³/mol. The average Bonchev–Trinajstić information content (AvgIpc) is 3.01. The van der Waals surface area contributed by atoms with E-state index in [1.165, 1.54) is 25.3 Å². The summed E-state index contributed by atoms with van der Waals surface area (Å²) in [6.07, 6.45) is -3.62. The van der Waals surface area contributed by atoms with Gasteiger partial charge in [0.2, 0.25) is 0 Å². The number of methoxy groups -OCH3 is 1. The molecule has 2 amide bonds. The molecule has 226 valence electrons. The highest BCUT2D eigenvalue weighted by Gasteiger charge is 2.35. The number of halogens is 3. The molecule has 4 aromatic rings. The van der Waals surface area contributed by atoms with Gasteiger partial charge in [-0.25, -0.2) is 0 Å². The number of anilines is 3. The minimum absolute atomic E-state index is 0.00418. The van der Waals surface area contributed by atoms with Crippen LogP contribution in [0.1, 0.15) is 44.3 Å². The number of carbonyl (C=O) groups is 2. The summed E-state index contributed by atoms with van der Waals surface area (Å²) in [5.74, 6) is -0.131. The zero-order chi connectivity index (χ0) is 31.0. The summed E-state index contributed by atoms with van der Waals surface area (Å²) in [5.41, 5.74) is 1.68. The second-order valence-electron chi connectivity index (χ2n) is 11.1. The molecular formula is C33H29F3N4O4. The summed E-state index contributed by atoms with van der Waals surface area (Å²) >= 11 is 0. The van der Waals surface area contributed by atoms with Crippen molar-refractivity contribution in [3.05, 3.63) is 118 Å². The molecule has 0 spiro atoms. The Balaban J connectivity index is 1.31. The van der Waals surface area contributed by atoms with E-state index in [-0.39, 0.29) is 28.6 Å². The molecule has 1 aromatic heterocycles. The van der Waals surface area contributed by atoms with Crippen molar-refractivity contribution in [3.8, 4) is 5.75 Å². The molecule has 1 saturated heterocycles. The third-order valence-corrected chi connectivity index (χ3v) is 8.13. The van der Waals surface area contributed by atoms with Gasteiger partial charge in [0.15, 0.2) is 0 Å². The van der Waals surface area contributed by atoms with Crippen LogP contribution in [-0.2, 0) is 12.7 Å². The first-order valence-corrected chi connectivity index (χ1v) is 14.1. The summed E-state index contributed by atoms with van der Waals surface area (Å²) in [6.45, 7) is 1.83. The Bertz CT molecular complexity index is 1790. The molecule has 11 heteroatoms. The van der Waals surface area contributed by atoms with Crippen LogP contribution in [0.3, 0.4) is 0 Å². The van der Waals surface area contributed by atoms with Crippen molar-refractivity contribution < 1.29 is 27.5 Å². The van der Waals surface area contributed by atoms with Crippen LogP contribution >= 0.6 is 0 Å². The van der Waals surface area contributed by atoms with Crippen molar-refractivity contribution in [2.24, 2.45) is 5.92 Å². The number of pyridine rings is 1. The molecule has 6 rings (SSSR count). The summed E-state index contributed by atoms with van der Waals surface area (Å²) in [6, 6.07) is 21.1. The van der Waals surface area contributed by atoms with Crippen LogP contribution in [0.4, 0.5) is 30.2 Å². The lowest BCUT2D eigenvalue weighted by atomic mass is 9.83. The normalized spacial score (nSPS) is 17.4. The Kier molecular flexibility index (Phi) is 7.62.